The van der Waals surface area contributed by atoms with Crippen LogP contribution in [-0.4, -0.2) is 34.2 Å². The number of carbonyl (C=O) groups excluding carboxylic acids is 1. The van der Waals surface area contributed by atoms with Crippen molar-refractivity contribution in [3.8, 4) is 0 Å². The monoisotopic (exact) mass is 225 g/mol. The van der Waals surface area contributed by atoms with Gasteiger partial charge in [0.1, 0.15) is 12.1 Å². The summed E-state index contributed by atoms with van der Waals surface area (Å²) in [5, 5.41) is 20.2. The van der Waals surface area contributed by atoms with E-state index in [0.717, 1.165) is 0 Å². The van der Waals surface area contributed by atoms with Crippen LogP contribution >= 0.6 is 0 Å². The first-order valence-electron chi connectivity index (χ1n) is 5.07. The lowest BCUT2D eigenvalue weighted by Crippen LogP contribution is -2.45. The zero-order valence-corrected chi connectivity index (χ0v) is 8.96. The van der Waals surface area contributed by atoms with Gasteiger partial charge in [-0.2, -0.15) is 0 Å². The summed E-state index contributed by atoms with van der Waals surface area (Å²) in [4.78, 5) is 22.1. The van der Waals surface area contributed by atoms with E-state index < -0.39 is 24.0 Å². The number of aliphatic carboxylic acids is 1. The zero-order valence-electron chi connectivity index (χ0n) is 8.96. The highest BCUT2D eigenvalue weighted by molar-refractivity contribution is 5.85. The maximum atomic E-state index is 11.2. The van der Waals surface area contributed by atoms with Crippen molar-refractivity contribution >= 4 is 11.9 Å². The lowest BCUT2D eigenvalue weighted by Gasteiger charge is -2.17. The Balaban J connectivity index is 2.54. The molecule has 0 aromatic heterocycles. The van der Waals surface area contributed by atoms with E-state index in [1.807, 2.05) is 24.3 Å². The Labute approximate surface area is 93.5 Å². The number of rotatable bonds is 5. The molecule has 88 valence electrons. The van der Waals surface area contributed by atoms with Gasteiger partial charge in [-0.1, -0.05) is 24.3 Å². The molecule has 0 fully saturated rings. The molecule has 1 aliphatic rings. The van der Waals surface area contributed by atoms with E-state index in [0.29, 0.717) is 6.42 Å². The zero-order chi connectivity index (χ0) is 12.1. The smallest absolute Gasteiger partial charge is 0.326 e. The molecule has 0 spiro atoms. The molecule has 5 heteroatoms. The van der Waals surface area contributed by atoms with Gasteiger partial charge in [0.15, 0.2) is 0 Å². The second-order valence-corrected chi connectivity index (χ2v) is 3.74. The van der Waals surface area contributed by atoms with Gasteiger partial charge in [0.25, 0.3) is 0 Å². The SMILES string of the molecule is CC(O)C(=O)NC(CC1C=CC=C1)C(=O)O. The van der Waals surface area contributed by atoms with Crippen molar-refractivity contribution in [3.63, 3.8) is 0 Å². The van der Waals surface area contributed by atoms with Gasteiger partial charge in [-0.05, 0) is 19.3 Å². The maximum absolute atomic E-state index is 11.2. The van der Waals surface area contributed by atoms with Gasteiger partial charge in [0.05, 0.1) is 0 Å². The van der Waals surface area contributed by atoms with E-state index in [1.54, 1.807) is 0 Å². The minimum atomic E-state index is -1.20. The fourth-order valence-corrected chi connectivity index (χ4v) is 1.42. The van der Waals surface area contributed by atoms with Gasteiger partial charge in [-0.15, -0.1) is 0 Å². The quantitative estimate of drug-likeness (QED) is 0.618. The Morgan fingerprint density at radius 2 is 1.94 bits per heavy atom. The van der Waals surface area contributed by atoms with Gasteiger partial charge in [-0.25, -0.2) is 4.79 Å². The van der Waals surface area contributed by atoms with Crippen LogP contribution in [0.4, 0.5) is 0 Å². The second-order valence-electron chi connectivity index (χ2n) is 3.74. The fraction of sp³-hybridized carbons (Fsp3) is 0.455. The Morgan fingerprint density at radius 3 is 2.38 bits per heavy atom. The van der Waals surface area contributed by atoms with Crippen molar-refractivity contribution in [1.82, 2.24) is 5.32 Å². The number of aliphatic hydroxyl groups excluding tert-OH is 1. The molecule has 5 nitrogen and oxygen atoms in total. The normalized spacial score (nSPS) is 18.4. The van der Waals surface area contributed by atoms with Crippen molar-refractivity contribution in [3.05, 3.63) is 24.3 Å². The number of amides is 1. The largest absolute Gasteiger partial charge is 0.480 e. The standard InChI is InChI=1S/C11H15NO4/c1-7(13)10(14)12-9(11(15)16)6-8-4-2-3-5-8/h2-5,7-9,13H,6H2,1H3,(H,12,14)(H,15,16). The Hall–Kier alpha value is -1.62. The molecule has 2 unspecified atom stereocenters. The van der Waals surface area contributed by atoms with Crippen LogP contribution in [0, 0.1) is 5.92 Å². The highest BCUT2D eigenvalue weighted by atomic mass is 16.4. The van der Waals surface area contributed by atoms with Crippen LogP contribution in [0.3, 0.4) is 0 Å². The topological polar surface area (TPSA) is 86.6 Å². The predicted octanol–water partition coefficient (Wildman–Crippen LogP) is 0.0689. The number of hydrogen-bond acceptors (Lipinski definition) is 3. The van der Waals surface area contributed by atoms with Crippen LogP contribution in [0.1, 0.15) is 13.3 Å². The number of allylic oxidation sites excluding steroid dienone is 4. The summed E-state index contributed by atoms with van der Waals surface area (Å²) in [5.74, 6) is -1.74. The molecule has 1 aliphatic carbocycles. The molecule has 0 aromatic carbocycles. The van der Waals surface area contributed by atoms with E-state index >= 15 is 0 Å². The Kier molecular flexibility index (Phi) is 4.25. The summed E-state index contributed by atoms with van der Waals surface area (Å²) in [5.41, 5.74) is 0. The summed E-state index contributed by atoms with van der Waals surface area (Å²) < 4.78 is 0. The van der Waals surface area contributed by atoms with Gasteiger partial charge in [0, 0.05) is 0 Å². The minimum Gasteiger partial charge on any atom is -0.480 e. The molecule has 0 aliphatic heterocycles. The molecule has 0 heterocycles. The van der Waals surface area contributed by atoms with Crippen LogP contribution in [0.5, 0.6) is 0 Å². The average molecular weight is 225 g/mol. The number of carboxylic acids is 1. The van der Waals surface area contributed by atoms with Crippen molar-refractivity contribution in [1.29, 1.82) is 0 Å². The maximum Gasteiger partial charge on any atom is 0.326 e. The minimum absolute atomic E-state index is 0.0235. The molecule has 0 aromatic rings. The number of hydrogen-bond donors (Lipinski definition) is 3. The van der Waals surface area contributed by atoms with E-state index in [-0.39, 0.29) is 5.92 Å². The first kappa shape index (κ1) is 12.4. The molecule has 1 amide bonds. The number of nitrogens with one attached hydrogen (secondary N) is 1. The van der Waals surface area contributed by atoms with E-state index in [9.17, 15) is 9.59 Å². The van der Waals surface area contributed by atoms with Crippen molar-refractivity contribution in [2.45, 2.75) is 25.5 Å². The van der Waals surface area contributed by atoms with E-state index in [1.165, 1.54) is 6.92 Å². The first-order chi connectivity index (χ1) is 7.50. The summed E-state index contributed by atoms with van der Waals surface area (Å²) in [7, 11) is 0. The highest BCUT2D eigenvalue weighted by Crippen LogP contribution is 2.15. The Morgan fingerprint density at radius 1 is 1.38 bits per heavy atom. The molecule has 0 radical (unpaired) electrons. The van der Waals surface area contributed by atoms with Crippen molar-refractivity contribution in [2.24, 2.45) is 5.92 Å². The highest BCUT2D eigenvalue weighted by Gasteiger charge is 2.24. The molecular weight excluding hydrogens is 210 g/mol. The molecule has 3 N–H and O–H groups in total. The van der Waals surface area contributed by atoms with Gasteiger partial charge < -0.3 is 15.5 Å². The molecule has 0 saturated heterocycles. The van der Waals surface area contributed by atoms with Crippen LogP contribution in [0.2, 0.25) is 0 Å². The van der Waals surface area contributed by atoms with Gasteiger partial charge >= 0.3 is 5.97 Å². The first-order valence-corrected chi connectivity index (χ1v) is 5.07. The predicted molar refractivity (Wildman–Crippen MR) is 57.6 cm³/mol. The lowest BCUT2D eigenvalue weighted by molar-refractivity contribution is -0.143. The second kappa shape index (κ2) is 5.46. The van der Waals surface area contributed by atoms with Gasteiger partial charge in [-0.3, -0.25) is 4.79 Å². The third-order valence-electron chi connectivity index (χ3n) is 2.33. The molecule has 2 atom stereocenters. The fourth-order valence-electron chi connectivity index (χ4n) is 1.42. The lowest BCUT2D eigenvalue weighted by atomic mass is 10.0. The molecule has 1 rings (SSSR count). The number of aliphatic hydroxyl groups is 1. The molecular formula is C11H15NO4. The third kappa shape index (κ3) is 3.51. The number of carbonyl (C=O) groups is 2. The molecule has 0 saturated carbocycles. The number of carboxylic acid groups (broad SMARTS) is 1. The molecule has 0 bridgehead atoms. The van der Waals surface area contributed by atoms with Crippen LogP contribution in [0.15, 0.2) is 24.3 Å². The summed E-state index contributed by atoms with van der Waals surface area (Å²) in [6.07, 6.45) is 6.49. The summed E-state index contributed by atoms with van der Waals surface area (Å²) >= 11 is 0. The van der Waals surface area contributed by atoms with Crippen LogP contribution < -0.4 is 5.32 Å². The summed E-state index contributed by atoms with van der Waals surface area (Å²) in [6, 6.07) is -0.973. The molecule has 16 heavy (non-hydrogen) atoms. The average Bonchev–Trinajstić information content (AvgIpc) is 2.68. The van der Waals surface area contributed by atoms with E-state index in [2.05, 4.69) is 5.32 Å². The summed E-state index contributed by atoms with van der Waals surface area (Å²) in [6.45, 7) is 1.30. The van der Waals surface area contributed by atoms with Crippen LogP contribution in [0.25, 0.3) is 0 Å². The van der Waals surface area contributed by atoms with Crippen molar-refractivity contribution in [2.75, 3.05) is 0 Å². The van der Waals surface area contributed by atoms with Crippen molar-refractivity contribution < 1.29 is 19.8 Å². The third-order valence-corrected chi connectivity index (χ3v) is 2.33. The van der Waals surface area contributed by atoms with Crippen LogP contribution in [-0.2, 0) is 9.59 Å². The van der Waals surface area contributed by atoms with Gasteiger partial charge in [0.2, 0.25) is 5.91 Å². The Bertz CT molecular complexity index is 321. The van der Waals surface area contributed by atoms with E-state index in [4.69, 9.17) is 10.2 Å².